The number of hydrogen-bond acceptors (Lipinski definition) is 2. The largest absolute Gasteiger partial charge is 0.384 e. The summed E-state index contributed by atoms with van der Waals surface area (Å²) in [4.78, 5) is 2.45. The molecule has 0 saturated carbocycles. The topological polar surface area (TPSA) is 15.3 Å². The molecule has 0 aliphatic carbocycles. The number of nitrogens with zero attached hydrogens (tertiary/aromatic N) is 1. The van der Waals surface area contributed by atoms with E-state index in [1.54, 1.807) is 0 Å². The fourth-order valence-electron chi connectivity index (χ4n) is 2.52. The zero-order valence-corrected chi connectivity index (χ0v) is 10.7. The lowest BCUT2D eigenvalue weighted by Crippen LogP contribution is -2.35. The normalized spacial score (nSPS) is 18.6. The van der Waals surface area contributed by atoms with Gasteiger partial charge in [0.15, 0.2) is 0 Å². The molecule has 0 spiro atoms. The first kappa shape index (κ1) is 12.2. The van der Waals surface area contributed by atoms with E-state index in [1.807, 2.05) is 6.08 Å². The predicted octanol–water partition coefficient (Wildman–Crippen LogP) is 2.78. The Balaban J connectivity index is 1.95. The molecule has 0 bridgehead atoms. The molecule has 1 aromatic carbocycles. The number of benzene rings is 1. The van der Waals surface area contributed by atoms with Crippen molar-refractivity contribution in [2.45, 2.75) is 13.3 Å². The smallest absolute Gasteiger partial charge is 0.0372 e. The molecule has 0 radical (unpaired) electrons. The average molecular weight is 230 g/mol. The third-order valence-corrected chi connectivity index (χ3v) is 3.46. The van der Waals surface area contributed by atoms with Gasteiger partial charge in [0.1, 0.15) is 0 Å². The number of hydrogen-bond donors (Lipinski definition) is 1. The fourth-order valence-corrected chi connectivity index (χ4v) is 2.52. The fraction of sp³-hybridized carbons (Fsp3) is 0.467. The first-order valence-corrected chi connectivity index (χ1v) is 6.48. The van der Waals surface area contributed by atoms with Crippen molar-refractivity contribution in [2.24, 2.45) is 5.92 Å². The highest BCUT2D eigenvalue weighted by atomic mass is 15.1. The maximum absolute atomic E-state index is 3.82. The van der Waals surface area contributed by atoms with Crippen LogP contribution in [0.15, 0.2) is 36.9 Å². The monoisotopic (exact) mass is 230 g/mol. The lowest BCUT2D eigenvalue weighted by molar-refractivity contribution is 0.266. The second-order valence-corrected chi connectivity index (χ2v) is 4.75. The van der Waals surface area contributed by atoms with E-state index in [2.05, 4.69) is 48.0 Å². The zero-order valence-electron chi connectivity index (χ0n) is 10.7. The Labute approximate surface area is 104 Å². The highest BCUT2D eigenvalue weighted by molar-refractivity contribution is 5.53. The predicted molar refractivity (Wildman–Crippen MR) is 74.4 cm³/mol. The van der Waals surface area contributed by atoms with Crippen molar-refractivity contribution in [3.63, 3.8) is 0 Å². The van der Waals surface area contributed by atoms with Crippen molar-refractivity contribution in [2.75, 3.05) is 31.5 Å². The van der Waals surface area contributed by atoms with Gasteiger partial charge in [0, 0.05) is 25.3 Å². The van der Waals surface area contributed by atoms with E-state index in [4.69, 9.17) is 0 Å². The molecule has 0 amide bonds. The minimum atomic E-state index is 0.713. The van der Waals surface area contributed by atoms with Crippen LogP contribution in [-0.2, 0) is 6.42 Å². The van der Waals surface area contributed by atoms with E-state index in [9.17, 15) is 0 Å². The number of nitrogens with one attached hydrogen (secondary N) is 1. The lowest BCUT2D eigenvalue weighted by atomic mass is 9.93. The Bertz CT molecular complexity index is 373. The van der Waals surface area contributed by atoms with E-state index in [-0.39, 0.29) is 0 Å². The molecule has 17 heavy (non-hydrogen) atoms. The summed E-state index contributed by atoms with van der Waals surface area (Å²) >= 11 is 0. The molecule has 0 fully saturated rings. The standard InChI is InChI=1S/C15H22N2/c1-3-9-17(4-2)12-13-10-14-7-5-6-8-15(14)16-11-13/h3,5-8,13,16H,1,4,9-12H2,2H3. The Morgan fingerprint density at radius 2 is 2.29 bits per heavy atom. The number of rotatable bonds is 5. The summed E-state index contributed by atoms with van der Waals surface area (Å²) < 4.78 is 0. The SMILES string of the molecule is C=CCN(CC)CC1CNc2ccccc2C1. The summed E-state index contributed by atoms with van der Waals surface area (Å²) in [6.07, 6.45) is 3.19. The Morgan fingerprint density at radius 1 is 1.47 bits per heavy atom. The van der Waals surface area contributed by atoms with Gasteiger partial charge >= 0.3 is 0 Å². The van der Waals surface area contributed by atoms with Crippen LogP contribution in [0, 0.1) is 5.92 Å². The highest BCUT2D eigenvalue weighted by Crippen LogP contribution is 2.24. The van der Waals surface area contributed by atoms with Gasteiger partial charge in [-0.05, 0) is 30.5 Å². The van der Waals surface area contributed by atoms with Gasteiger partial charge in [-0.15, -0.1) is 6.58 Å². The highest BCUT2D eigenvalue weighted by Gasteiger charge is 2.19. The third kappa shape index (κ3) is 3.10. The summed E-state index contributed by atoms with van der Waals surface area (Å²) in [5, 5.41) is 3.53. The van der Waals surface area contributed by atoms with Crippen LogP contribution in [-0.4, -0.2) is 31.1 Å². The van der Waals surface area contributed by atoms with E-state index in [0.29, 0.717) is 5.92 Å². The molecule has 0 aromatic heterocycles. The quantitative estimate of drug-likeness (QED) is 0.782. The van der Waals surface area contributed by atoms with Crippen molar-refractivity contribution < 1.29 is 0 Å². The van der Waals surface area contributed by atoms with E-state index < -0.39 is 0 Å². The Hall–Kier alpha value is -1.28. The van der Waals surface area contributed by atoms with Gasteiger partial charge in [0.25, 0.3) is 0 Å². The van der Waals surface area contributed by atoms with Crippen LogP contribution in [0.3, 0.4) is 0 Å². The molecule has 2 rings (SSSR count). The number of fused-ring (bicyclic) bond motifs is 1. The molecule has 0 saturated heterocycles. The molecule has 1 aliphatic rings. The lowest BCUT2D eigenvalue weighted by Gasteiger charge is -2.30. The molecule has 1 N–H and O–H groups in total. The van der Waals surface area contributed by atoms with Crippen molar-refractivity contribution in [1.82, 2.24) is 4.90 Å². The van der Waals surface area contributed by atoms with Gasteiger partial charge in [0.05, 0.1) is 0 Å². The first-order chi connectivity index (χ1) is 8.33. The summed E-state index contributed by atoms with van der Waals surface area (Å²) in [6, 6.07) is 8.64. The number of para-hydroxylation sites is 1. The van der Waals surface area contributed by atoms with Crippen molar-refractivity contribution in [1.29, 1.82) is 0 Å². The van der Waals surface area contributed by atoms with Crippen LogP contribution in [0.4, 0.5) is 5.69 Å². The van der Waals surface area contributed by atoms with Crippen molar-refractivity contribution in [3.05, 3.63) is 42.5 Å². The van der Waals surface area contributed by atoms with Crippen LogP contribution >= 0.6 is 0 Å². The van der Waals surface area contributed by atoms with Crippen molar-refractivity contribution >= 4 is 5.69 Å². The summed E-state index contributed by atoms with van der Waals surface area (Å²) in [7, 11) is 0. The van der Waals surface area contributed by atoms with E-state index in [0.717, 1.165) is 26.2 Å². The Morgan fingerprint density at radius 3 is 3.06 bits per heavy atom. The first-order valence-electron chi connectivity index (χ1n) is 6.48. The molecule has 92 valence electrons. The maximum atomic E-state index is 3.82. The van der Waals surface area contributed by atoms with Crippen LogP contribution in [0.2, 0.25) is 0 Å². The van der Waals surface area contributed by atoms with Crippen LogP contribution in [0.25, 0.3) is 0 Å². The van der Waals surface area contributed by atoms with E-state index in [1.165, 1.54) is 17.7 Å². The van der Waals surface area contributed by atoms with Crippen molar-refractivity contribution in [3.8, 4) is 0 Å². The second kappa shape index (κ2) is 5.87. The summed E-state index contributed by atoms with van der Waals surface area (Å²) in [6.45, 7) is 10.4. The number of likely N-dealkylation sites (N-methyl/N-ethyl adjacent to an activating group) is 1. The van der Waals surface area contributed by atoms with Gasteiger partial charge in [-0.25, -0.2) is 0 Å². The van der Waals surface area contributed by atoms with E-state index >= 15 is 0 Å². The summed E-state index contributed by atoms with van der Waals surface area (Å²) in [5.41, 5.74) is 2.77. The van der Waals surface area contributed by atoms with Crippen LogP contribution in [0.1, 0.15) is 12.5 Å². The van der Waals surface area contributed by atoms with Gasteiger partial charge in [-0.2, -0.15) is 0 Å². The Kier molecular flexibility index (Phi) is 4.21. The molecule has 1 heterocycles. The van der Waals surface area contributed by atoms with Gasteiger partial charge in [0.2, 0.25) is 0 Å². The maximum Gasteiger partial charge on any atom is 0.0372 e. The number of anilines is 1. The zero-order chi connectivity index (χ0) is 12.1. The molecule has 2 nitrogen and oxygen atoms in total. The molecule has 1 aromatic rings. The third-order valence-electron chi connectivity index (χ3n) is 3.46. The molecule has 2 heteroatoms. The van der Waals surface area contributed by atoms with Crippen LogP contribution in [0.5, 0.6) is 0 Å². The van der Waals surface area contributed by atoms with Gasteiger partial charge in [-0.1, -0.05) is 31.2 Å². The summed E-state index contributed by atoms with van der Waals surface area (Å²) in [5.74, 6) is 0.713. The molecule has 1 aliphatic heterocycles. The van der Waals surface area contributed by atoms with Gasteiger partial charge < -0.3 is 5.32 Å². The molecule has 1 atom stereocenters. The molecule has 1 unspecified atom stereocenters. The average Bonchev–Trinajstić information content (AvgIpc) is 2.38. The van der Waals surface area contributed by atoms with Gasteiger partial charge in [-0.3, -0.25) is 4.90 Å². The minimum absolute atomic E-state index is 0.713. The molecular weight excluding hydrogens is 208 g/mol. The second-order valence-electron chi connectivity index (χ2n) is 4.75. The minimum Gasteiger partial charge on any atom is -0.384 e. The van der Waals surface area contributed by atoms with Crippen LogP contribution < -0.4 is 5.32 Å². The molecular formula is C15H22N2.